The van der Waals surface area contributed by atoms with E-state index in [1.165, 1.54) is 18.4 Å². The van der Waals surface area contributed by atoms with Gasteiger partial charge in [-0.25, -0.2) is 9.78 Å². The van der Waals surface area contributed by atoms with Crippen molar-refractivity contribution in [3.05, 3.63) is 11.1 Å². The molecule has 0 saturated carbocycles. The maximum absolute atomic E-state index is 10.7. The predicted molar refractivity (Wildman–Crippen MR) is 45.1 cm³/mol. The first-order chi connectivity index (χ1) is 4.74. The van der Waals surface area contributed by atoms with E-state index in [4.69, 9.17) is 5.73 Å². The smallest absolute Gasteiger partial charge is 0.357 e. The van der Waals surface area contributed by atoms with E-state index in [0.29, 0.717) is 5.13 Å². The molecule has 1 heterocycles. The van der Waals surface area contributed by atoms with Crippen molar-refractivity contribution in [1.82, 2.24) is 4.98 Å². The number of esters is 1. The van der Waals surface area contributed by atoms with Crippen molar-refractivity contribution in [3.63, 3.8) is 0 Å². The number of nitrogen functional groups attached to an aromatic ring is 1. The first kappa shape index (κ1) is 10.2. The largest absolute Gasteiger partial charge is 0.464 e. The lowest BCUT2D eigenvalue weighted by atomic mass is 10.5. The molecule has 11 heavy (non-hydrogen) atoms. The Morgan fingerprint density at radius 2 is 2.45 bits per heavy atom. The summed E-state index contributed by atoms with van der Waals surface area (Å²) in [6, 6.07) is 0. The van der Waals surface area contributed by atoms with Gasteiger partial charge in [-0.1, -0.05) is 0 Å². The van der Waals surface area contributed by atoms with E-state index in [9.17, 15) is 4.79 Å². The zero-order chi connectivity index (χ0) is 7.56. The molecule has 0 aliphatic heterocycles. The van der Waals surface area contributed by atoms with Crippen LogP contribution in [0.15, 0.2) is 5.38 Å². The maximum atomic E-state index is 10.7. The molecule has 2 N–H and O–H groups in total. The normalized spacial score (nSPS) is 8.45. The van der Waals surface area contributed by atoms with Crippen LogP contribution in [0.1, 0.15) is 10.5 Å². The van der Waals surface area contributed by atoms with Crippen LogP contribution in [0.3, 0.4) is 0 Å². The number of thiazole rings is 1. The molecule has 62 valence electrons. The van der Waals surface area contributed by atoms with Crippen LogP contribution in [0, 0.1) is 0 Å². The van der Waals surface area contributed by atoms with Crippen molar-refractivity contribution in [2.75, 3.05) is 12.8 Å². The van der Waals surface area contributed by atoms with Crippen LogP contribution in [0.2, 0.25) is 0 Å². The van der Waals surface area contributed by atoms with Gasteiger partial charge in [0.15, 0.2) is 10.8 Å². The van der Waals surface area contributed by atoms with Crippen LogP contribution >= 0.6 is 23.7 Å². The van der Waals surface area contributed by atoms with Gasteiger partial charge in [-0.2, -0.15) is 0 Å². The van der Waals surface area contributed by atoms with Gasteiger partial charge in [-0.15, -0.1) is 23.7 Å². The van der Waals surface area contributed by atoms with Gasteiger partial charge in [-0.05, 0) is 0 Å². The Morgan fingerprint density at radius 1 is 1.82 bits per heavy atom. The van der Waals surface area contributed by atoms with Crippen LogP contribution in [0.25, 0.3) is 0 Å². The number of nitrogens with zero attached hydrogens (tertiary/aromatic N) is 1. The van der Waals surface area contributed by atoms with Gasteiger partial charge in [0, 0.05) is 5.38 Å². The van der Waals surface area contributed by atoms with E-state index in [1.54, 1.807) is 5.38 Å². The minimum absolute atomic E-state index is 0. The maximum Gasteiger partial charge on any atom is 0.357 e. The van der Waals surface area contributed by atoms with Crippen LogP contribution in [-0.2, 0) is 4.74 Å². The molecule has 4 nitrogen and oxygen atoms in total. The molecule has 1 rings (SSSR count). The van der Waals surface area contributed by atoms with Crippen molar-refractivity contribution in [2.45, 2.75) is 0 Å². The number of carbonyl (C=O) groups is 1. The van der Waals surface area contributed by atoms with Gasteiger partial charge in [0.25, 0.3) is 0 Å². The lowest BCUT2D eigenvalue weighted by molar-refractivity contribution is 0.0595. The fourth-order valence-electron chi connectivity index (χ4n) is 0.486. The Morgan fingerprint density at radius 3 is 2.82 bits per heavy atom. The van der Waals surface area contributed by atoms with Gasteiger partial charge >= 0.3 is 5.97 Å². The minimum Gasteiger partial charge on any atom is -0.464 e. The SMILES string of the molecule is COC(=O)c1csc(N)n1.Cl. The Kier molecular flexibility index (Phi) is 3.84. The molecule has 0 aliphatic carbocycles. The summed E-state index contributed by atoms with van der Waals surface area (Å²) in [4.78, 5) is 14.4. The van der Waals surface area contributed by atoms with E-state index >= 15 is 0 Å². The first-order valence-electron chi connectivity index (χ1n) is 2.53. The highest BCUT2D eigenvalue weighted by Gasteiger charge is 2.07. The topological polar surface area (TPSA) is 65.2 Å². The fourth-order valence-corrected chi connectivity index (χ4v) is 1.02. The third kappa shape index (κ3) is 2.36. The third-order valence-electron chi connectivity index (χ3n) is 0.916. The van der Waals surface area contributed by atoms with E-state index in [1.807, 2.05) is 0 Å². The molecule has 1 aromatic heterocycles. The fraction of sp³-hybridized carbons (Fsp3) is 0.200. The molecule has 0 atom stereocenters. The molecule has 1 aromatic rings. The van der Waals surface area contributed by atoms with Crippen molar-refractivity contribution in [1.29, 1.82) is 0 Å². The molecule has 0 bridgehead atoms. The zero-order valence-corrected chi connectivity index (χ0v) is 7.37. The molecule has 0 spiro atoms. The van der Waals surface area contributed by atoms with Gasteiger partial charge in [0.2, 0.25) is 0 Å². The number of hydrogen-bond acceptors (Lipinski definition) is 5. The summed E-state index contributed by atoms with van der Waals surface area (Å²) in [5.74, 6) is -0.451. The van der Waals surface area contributed by atoms with Gasteiger partial charge < -0.3 is 10.5 Å². The summed E-state index contributed by atoms with van der Waals surface area (Å²) < 4.78 is 4.40. The predicted octanol–water partition coefficient (Wildman–Crippen LogP) is 0.934. The van der Waals surface area contributed by atoms with Gasteiger partial charge in [0.05, 0.1) is 7.11 Å². The number of anilines is 1. The lowest BCUT2D eigenvalue weighted by Gasteiger charge is -1.89. The molecule has 0 saturated heterocycles. The van der Waals surface area contributed by atoms with Crippen LogP contribution < -0.4 is 5.73 Å². The Labute approximate surface area is 73.8 Å². The molecule has 0 aliphatic rings. The average Bonchev–Trinajstić information content (AvgIpc) is 2.34. The number of nitrogens with two attached hydrogens (primary N) is 1. The lowest BCUT2D eigenvalue weighted by Crippen LogP contribution is -2.01. The molecule has 0 fully saturated rings. The van der Waals surface area contributed by atoms with Crippen LogP contribution in [0.5, 0.6) is 0 Å². The molecule has 0 unspecified atom stereocenters. The molecule has 0 amide bonds. The molecule has 0 aromatic carbocycles. The number of hydrogen-bond donors (Lipinski definition) is 1. The van der Waals surface area contributed by atoms with Crippen molar-refractivity contribution < 1.29 is 9.53 Å². The quantitative estimate of drug-likeness (QED) is 0.676. The second-order valence-electron chi connectivity index (χ2n) is 1.56. The summed E-state index contributed by atoms with van der Waals surface area (Å²) in [7, 11) is 1.30. The summed E-state index contributed by atoms with van der Waals surface area (Å²) in [6.45, 7) is 0. The Balaban J connectivity index is 0.000001000. The first-order valence-corrected chi connectivity index (χ1v) is 3.41. The van der Waals surface area contributed by atoms with E-state index in [2.05, 4.69) is 9.72 Å². The number of methoxy groups -OCH3 is 1. The molecule has 0 radical (unpaired) electrons. The standard InChI is InChI=1S/C5H6N2O2S.ClH/c1-9-4(8)3-2-10-5(6)7-3;/h2H,1H3,(H2,6,7);1H. The van der Waals surface area contributed by atoms with Gasteiger partial charge in [-0.3, -0.25) is 0 Å². The highest BCUT2D eigenvalue weighted by atomic mass is 35.5. The second kappa shape index (κ2) is 4.15. The van der Waals surface area contributed by atoms with Gasteiger partial charge in [0.1, 0.15) is 0 Å². The van der Waals surface area contributed by atoms with Crippen LogP contribution in [0.4, 0.5) is 5.13 Å². The van der Waals surface area contributed by atoms with E-state index in [0.717, 1.165) is 0 Å². The summed E-state index contributed by atoms with van der Waals surface area (Å²) in [5, 5.41) is 1.93. The highest BCUT2D eigenvalue weighted by Crippen LogP contribution is 2.11. The zero-order valence-electron chi connectivity index (χ0n) is 5.73. The van der Waals surface area contributed by atoms with E-state index < -0.39 is 5.97 Å². The number of carbonyl (C=O) groups excluding carboxylic acids is 1. The molecular formula is C5H7ClN2O2S. The number of ether oxygens (including phenoxy) is 1. The number of aromatic nitrogens is 1. The molecule has 6 heteroatoms. The Hall–Kier alpha value is -0.810. The minimum atomic E-state index is -0.451. The Bertz CT molecular complexity index is 250. The summed E-state index contributed by atoms with van der Waals surface area (Å²) >= 11 is 1.21. The number of halogens is 1. The van der Waals surface area contributed by atoms with E-state index in [-0.39, 0.29) is 18.1 Å². The second-order valence-corrected chi connectivity index (χ2v) is 2.45. The summed E-state index contributed by atoms with van der Waals surface area (Å²) in [6.07, 6.45) is 0. The highest BCUT2D eigenvalue weighted by molar-refractivity contribution is 7.13. The summed E-state index contributed by atoms with van der Waals surface area (Å²) in [5.41, 5.74) is 5.54. The van der Waals surface area contributed by atoms with Crippen molar-refractivity contribution >= 4 is 34.8 Å². The molecular weight excluding hydrogens is 188 g/mol. The van der Waals surface area contributed by atoms with Crippen LogP contribution in [-0.4, -0.2) is 18.1 Å². The van der Waals surface area contributed by atoms with Crippen molar-refractivity contribution in [2.24, 2.45) is 0 Å². The average molecular weight is 195 g/mol. The third-order valence-corrected chi connectivity index (χ3v) is 1.59. The number of rotatable bonds is 1. The van der Waals surface area contributed by atoms with Crippen molar-refractivity contribution in [3.8, 4) is 0 Å². The monoisotopic (exact) mass is 194 g/mol.